The summed E-state index contributed by atoms with van der Waals surface area (Å²) >= 11 is 0. The minimum Gasteiger partial charge on any atom is -0.395 e. The van der Waals surface area contributed by atoms with Crippen molar-refractivity contribution in [2.24, 2.45) is 0 Å². The first kappa shape index (κ1) is 11.9. The monoisotopic (exact) mass is 221 g/mol. The molecule has 14 heavy (non-hydrogen) atoms. The van der Waals surface area contributed by atoms with Gasteiger partial charge in [-0.3, -0.25) is 0 Å². The second kappa shape index (κ2) is 3.79. The molecular formula is C9H19NO3S. The van der Waals surface area contributed by atoms with Gasteiger partial charge in [0.1, 0.15) is 0 Å². The Balaban J connectivity index is 2.93. The quantitative estimate of drug-likeness (QED) is 0.741. The first-order chi connectivity index (χ1) is 6.30. The number of nitrogens with zero attached hydrogens (tertiary/aromatic N) is 1. The smallest absolute Gasteiger partial charge is 0.219 e. The number of rotatable bonds is 2. The van der Waals surface area contributed by atoms with Crippen molar-refractivity contribution in [3.63, 3.8) is 0 Å². The second-order valence-corrected chi connectivity index (χ2v) is 7.35. The van der Waals surface area contributed by atoms with E-state index < -0.39 is 14.8 Å². The van der Waals surface area contributed by atoms with Crippen molar-refractivity contribution >= 4 is 10.0 Å². The Labute approximate surface area is 86.0 Å². The Morgan fingerprint density at radius 1 is 1.43 bits per heavy atom. The van der Waals surface area contributed by atoms with E-state index in [1.54, 1.807) is 20.8 Å². The summed E-state index contributed by atoms with van der Waals surface area (Å²) in [5.41, 5.74) is 0. The summed E-state index contributed by atoms with van der Waals surface area (Å²) in [6.07, 6.45) is 1.62. The molecule has 4 nitrogen and oxygen atoms in total. The number of sulfonamides is 1. The minimum absolute atomic E-state index is 0.0741. The molecular weight excluding hydrogens is 202 g/mol. The zero-order valence-electron chi connectivity index (χ0n) is 9.02. The molecule has 1 aliphatic rings. The Kier molecular flexibility index (Phi) is 3.23. The predicted molar refractivity (Wildman–Crippen MR) is 55.5 cm³/mol. The lowest BCUT2D eigenvalue weighted by Crippen LogP contribution is -2.46. The molecule has 0 aromatic carbocycles. The highest BCUT2D eigenvalue weighted by molar-refractivity contribution is 7.90. The van der Waals surface area contributed by atoms with E-state index in [-0.39, 0.29) is 12.6 Å². The maximum Gasteiger partial charge on any atom is 0.219 e. The van der Waals surface area contributed by atoms with Crippen LogP contribution >= 0.6 is 0 Å². The lowest BCUT2D eigenvalue weighted by Gasteiger charge is -2.30. The molecule has 1 N–H and O–H groups in total. The Morgan fingerprint density at radius 2 is 2.00 bits per heavy atom. The third-order valence-corrected chi connectivity index (χ3v) is 5.26. The molecule has 1 heterocycles. The van der Waals surface area contributed by atoms with Crippen molar-refractivity contribution in [1.29, 1.82) is 0 Å². The highest BCUT2D eigenvalue weighted by Gasteiger charge is 2.40. The highest BCUT2D eigenvalue weighted by atomic mass is 32.2. The molecule has 0 aromatic rings. The van der Waals surface area contributed by atoms with Crippen LogP contribution in [0.2, 0.25) is 0 Å². The molecule has 5 heteroatoms. The van der Waals surface area contributed by atoms with Crippen LogP contribution in [0.25, 0.3) is 0 Å². The number of hydrogen-bond donors (Lipinski definition) is 1. The zero-order valence-corrected chi connectivity index (χ0v) is 9.84. The van der Waals surface area contributed by atoms with Gasteiger partial charge < -0.3 is 5.11 Å². The average Bonchev–Trinajstić information content (AvgIpc) is 2.49. The number of aliphatic hydroxyl groups is 1. The summed E-state index contributed by atoms with van der Waals surface area (Å²) in [6, 6.07) is -0.209. The molecule has 1 saturated heterocycles. The van der Waals surface area contributed by atoms with Crippen LogP contribution in [0.3, 0.4) is 0 Å². The molecule has 0 radical (unpaired) electrons. The van der Waals surface area contributed by atoms with Crippen molar-refractivity contribution in [2.45, 2.75) is 44.4 Å². The molecule has 0 bridgehead atoms. The van der Waals surface area contributed by atoms with Crippen LogP contribution in [0.15, 0.2) is 0 Å². The van der Waals surface area contributed by atoms with E-state index >= 15 is 0 Å². The van der Waals surface area contributed by atoms with E-state index in [9.17, 15) is 8.42 Å². The van der Waals surface area contributed by atoms with Crippen molar-refractivity contribution in [3.05, 3.63) is 0 Å². The largest absolute Gasteiger partial charge is 0.395 e. The normalized spacial score (nSPS) is 25.6. The van der Waals surface area contributed by atoms with Crippen molar-refractivity contribution in [3.8, 4) is 0 Å². The van der Waals surface area contributed by atoms with E-state index in [1.165, 1.54) is 4.31 Å². The van der Waals surface area contributed by atoms with E-state index in [4.69, 9.17) is 5.11 Å². The van der Waals surface area contributed by atoms with Crippen LogP contribution in [-0.4, -0.2) is 41.8 Å². The standard InChI is InChI=1S/C9H19NO3S/c1-9(2,3)14(12,13)10-6-4-5-8(10)7-11/h8,11H,4-7H2,1-3H3. The van der Waals surface area contributed by atoms with Gasteiger partial charge in [0.25, 0.3) is 0 Å². The van der Waals surface area contributed by atoms with Crippen LogP contribution in [-0.2, 0) is 10.0 Å². The molecule has 0 spiro atoms. The van der Waals surface area contributed by atoms with Gasteiger partial charge in [-0.1, -0.05) is 0 Å². The molecule has 84 valence electrons. The molecule has 0 amide bonds. The molecule has 1 rings (SSSR count). The van der Waals surface area contributed by atoms with Crippen LogP contribution in [0.5, 0.6) is 0 Å². The van der Waals surface area contributed by atoms with E-state index in [1.807, 2.05) is 0 Å². The summed E-state index contributed by atoms with van der Waals surface area (Å²) < 4.78 is 24.8. The molecule has 1 aliphatic heterocycles. The molecule has 1 atom stereocenters. The van der Waals surface area contributed by atoms with Gasteiger partial charge in [-0.05, 0) is 33.6 Å². The summed E-state index contributed by atoms with van der Waals surface area (Å²) in [5, 5.41) is 9.06. The summed E-state index contributed by atoms with van der Waals surface area (Å²) in [7, 11) is -3.26. The maximum atomic E-state index is 12.0. The third kappa shape index (κ3) is 1.94. The molecule has 1 fully saturated rings. The Morgan fingerprint density at radius 3 is 2.43 bits per heavy atom. The fourth-order valence-electron chi connectivity index (χ4n) is 1.66. The van der Waals surface area contributed by atoms with Gasteiger partial charge in [-0.2, -0.15) is 4.31 Å². The van der Waals surface area contributed by atoms with Crippen molar-refractivity contribution < 1.29 is 13.5 Å². The number of hydrogen-bond acceptors (Lipinski definition) is 3. The second-order valence-electron chi connectivity index (χ2n) is 4.71. The fraction of sp³-hybridized carbons (Fsp3) is 1.00. The Bertz CT molecular complexity index is 292. The van der Waals surface area contributed by atoms with E-state index in [0.717, 1.165) is 12.8 Å². The van der Waals surface area contributed by atoms with Gasteiger partial charge in [-0.15, -0.1) is 0 Å². The lowest BCUT2D eigenvalue weighted by molar-refractivity contribution is 0.211. The average molecular weight is 221 g/mol. The van der Waals surface area contributed by atoms with Gasteiger partial charge in [0.15, 0.2) is 0 Å². The topological polar surface area (TPSA) is 57.6 Å². The fourth-order valence-corrected chi connectivity index (χ4v) is 3.30. The molecule has 0 aromatic heterocycles. The van der Waals surface area contributed by atoms with E-state index in [0.29, 0.717) is 6.54 Å². The van der Waals surface area contributed by atoms with Crippen LogP contribution in [0.4, 0.5) is 0 Å². The van der Waals surface area contributed by atoms with Gasteiger partial charge in [0.2, 0.25) is 10.0 Å². The zero-order chi connectivity index (χ0) is 11.0. The first-order valence-corrected chi connectivity index (χ1v) is 6.37. The van der Waals surface area contributed by atoms with Crippen LogP contribution in [0, 0.1) is 0 Å². The molecule has 0 aliphatic carbocycles. The third-order valence-electron chi connectivity index (χ3n) is 2.62. The van der Waals surface area contributed by atoms with Gasteiger partial charge >= 0.3 is 0 Å². The van der Waals surface area contributed by atoms with Crippen molar-refractivity contribution in [2.75, 3.05) is 13.2 Å². The van der Waals surface area contributed by atoms with Crippen molar-refractivity contribution in [1.82, 2.24) is 4.31 Å². The highest BCUT2D eigenvalue weighted by Crippen LogP contribution is 2.28. The van der Waals surface area contributed by atoms with Crippen LogP contribution in [0.1, 0.15) is 33.6 Å². The minimum atomic E-state index is -3.26. The maximum absolute atomic E-state index is 12.0. The van der Waals surface area contributed by atoms with Gasteiger partial charge in [0, 0.05) is 12.6 Å². The molecule has 0 saturated carbocycles. The summed E-state index contributed by atoms with van der Waals surface area (Å²) in [5.74, 6) is 0. The number of aliphatic hydroxyl groups excluding tert-OH is 1. The predicted octanol–water partition coefficient (Wildman–Crippen LogP) is 0.571. The molecule has 1 unspecified atom stereocenters. The van der Waals surface area contributed by atoms with Gasteiger partial charge in [0.05, 0.1) is 11.4 Å². The van der Waals surface area contributed by atoms with E-state index in [2.05, 4.69) is 0 Å². The first-order valence-electron chi connectivity index (χ1n) is 4.93. The lowest BCUT2D eigenvalue weighted by atomic mass is 10.2. The summed E-state index contributed by atoms with van der Waals surface area (Å²) in [4.78, 5) is 0. The van der Waals surface area contributed by atoms with Gasteiger partial charge in [-0.25, -0.2) is 8.42 Å². The van der Waals surface area contributed by atoms with Crippen LogP contribution < -0.4 is 0 Å². The summed E-state index contributed by atoms with van der Waals surface area (Å²) in [6.45, 7) is 5.54. The SMILES string of the molecule is CC(C)(C)S(=O)(=O)N1CCCC1CO. The Hall–Kier alpha value is -0.130.